The summed E-state index contributed by atoms with van der Waals surface area (Å²) in [4.78, 5) is 10.3. The number of halogens is 1. The van der Waals surface area contributed by atoms with Gasteiger partial charge >= 0.3 is 0 Å². The van der Waals surface area contributed by atoms with Gasteiger partial charge in [-0.25, -0.2) is 4.98 Å². The number of ether oxygens (including phenoxy) is 1. The first kappa shape index (κ1) is 26.7. The summed E-state index contributed by atoms with van der Waals surface area (Å²) in [6.07, 6.45) is 10.6. The van der Waals surface area contributed by atoms with Crippen LogP contribution in [0.4, 0.5) is 5.00 Å². The van der Waals surface area contributed by atoms with Gasteiger partial charge in [-0.3, -0.25) is 0 Å². The Morgan fingerprint density at radius 1 is 1.42 bits per heavy atom. The van der Waals surface area contributed by atoms with Crippen LogP contribution >= 0.6 is 22.9 Å². The molecule has 3 heterocycles. The summed E-state index contributed by atoms with van der Waals surface area (Å²) in [5.41, 5.74) is 9.43. The van der Waals surface area contributed by atoms with Crippen molar-refractivity contribution in [2.45, 2.75) is 63.7 Å². The molecule has 1 fully saturated rings. The zero-order valence-corrected chi connectivity index (χ0v) is 23.3. The van der Waals surface area contributed by atoms with Gasteiger partial charge in [0.05, 0.1) is 12.2 Å². The summed E-state index contributed by atoms with van der Waals surface area (Å²) in [5.74, 6) is 1.47. The third-order valence-electron chi connectivity index (χ3n) is 7.64. The summed E-state index contributed by atoms with van der Waals surface area (Å²) in [7, 11) is 1.98. The molecule has 38 heavy (non-hydrogen) atoms. The average Bonchev–Trinajstić information content (AvgIpc) is 3.42. The highest BCUT2D eigenvalue weighted by Crippen LogP contribution is 2.50. The van der Waals surface area contributed by atoms with Gasteiger partial charge in [0.2, 0.25) is 5.88 Å². The van der Waals surface area contributed by atoms with Gasteiger partial charge in [0.15, 0.2) is 11.5 Å². The summed E-state index contributed by atoms with van der Waals surface area (Å²) in [6, 6.07) is 3.96. The van der Waals surface area contributed by atoms with E-state index in [0.29, 0.717) is 46.1 Å². The number of aryl methyl sites for hydroxylation is 1. The van der Waals surface area contributed by atoms with E-state index in [9.17, 15) is 5.26 Å². The van der Waals surface area contributed by atoms with E-state index < -0.39 is 0 Å². The number of nitrogens with two attached hydrogens (primary N) is 1. The number of nitriles is 1. The van der Waals surface area contributed by atoms with Crippen LogP contribution in [0.5, 0.6) is 5.88 Å². The van der Waals surface area contributed by atoms with Gasteiger partial charge in [0.25, 0.3) is 0 Å². The number of fused-ring (bicyclic) bond motifs is 1. The number of nitrogens with one attached hydrogen (secondary N) is 1. The second kappa shape index (κ2) is 11.4. The van der Waals surface area contributed by atoms with Crippen LogP contribution in [-0.4, -0.2) is 35.3 Å². The lowest BCUT2D eigenvalue weighted by Crippen LogP contribution is -2.17. The molecule has 3 aromatic rings. The molecule has 2 aliphatic carbocycles. The molecule has 5 rings (SSSR count). The van der Waals surface area contributed by atoms with Crippen LogP contribution in [0.2, 0.25) is 5.15 Å². The molecule has 0 spiro atoms. The summed E-state index contributed by atoms with van der Waals surface area (Å²) < 4.78 is 12.2. The van der Waals surface area contributed by atoms with Crippen molar-refractivity contribution in [2.24, 2.45) is 5.41 Å². The minimum atomic E-state index is -0.0924. The van der Waals surface area contributed by atoms with Crippen LogP contribution in [0.25, 0.3) is 11.5 Å². The molecule has 0 radical (unpaired) electrons. The Labute approximate surface area is 232 Å². The first-order valence-corrected chi connectivity index (χ1v) is 14.4. The summed E-state index contributed by atoms with van der Waals surface area (Å²) in [6.45, 7) is 5.51. The van der Waals surface area contributed by atoms with Gasteiger partial charge in [-0.05, 0) is 76.9 Å². The molecule has 2 aliphatic rings. The molecule has 3 N–H and O–H groups in total. The van der Waals surface area contributed by atoms with E-state index in [2.05, 4.69) is 28.1 Å². The lowest BCUT2D eigenvalue weighted by atomic mass is 9.81. The molecule has 0 saturated heterocycles. The molecule has 0 bridgehead atoms. The maximum Gasteiger partial charge on any atom is 0.218 e. The van der Waals surface area contributed by atoms with Crippen molar-refractivity contribution in [2.75, 3.05) is 25.9 Å². The Balaban J connectivity index is 1.46. The standard InChI is InChI=1S/C28H33ClN6O2S/c1-3-4-7-18-24(35-37-25(18)17-8-5-9-20-23(17)19(15-30)26(31)38-20)27-33-21(29)14-22(34-27)36-16-28(11-12-28)10-6-13-32-2/h3,14,17,32H,1,4-13,16,31H2,2H3/t17-/m0/s1. The van der Waals surface area contributed by atoms with Gasteiger partial charge < -0.3 is 20.3 Å². The number of anilines is 1. The van der Waals surface area contributed by atoms with Crippen LogP contribution in [0, 0.1) is 16.7 Å². The highest BCUT2D eigenvalue weighted by Gasteiger charge is 2.43. The van der Waals surface area contributed by atoms with Crippen molar-refractivity contribution in [1.82, 2.24) is 20.4 Å². The minimum absolute atomic E-state index is 0.0924. The Kier molecular flexibility index (Phi) is 8.03. The number of nitrogens with zero attached hydrogens (tertiary/aromatic N) is 4. The first-order valence-electron chi connectivity index (χ1n) is 13.2. The lowest BCUT2D eigenvalue weighted by Gasteiger charge is -2.21. The maximum absolute atomic E-state index is 9.82. The number of allylic oxidation sites excluding steroid dienone is 1. The summed E-state index contributed by atoms with van der Waals surface area (Å²) >= 11 is 7.93. The van der Waals surface area contributed by atoms with E-state index in [1.165, 1.54) is 24.2 Å². The van der Waals surface area contributed by atoms with Crippen LogP contribution in [-0.2, 0) is 12.8 Å². The molecule has 10 heteroatoms. The normalized spacial score (nSPS) is 17.6. The summed E-state index contributed by atoms with van der Waals surface area (Å²) in [5, 5.41) is 18.3. The van der Waals surface area contributed by atoms with Crippen molar-refractivity contribution in [3.05, 3.63) is 51.2 Å². The number of hydrogen-bond acceptors (Lipinski definition) is 9. The number of nitrogen functional groups attached to an aromatic ring is 1. The third-order valence-corrected chi connectivity index (χ3v) is 8.93. The zero-order valence-electron chi connectivity index (χ0n) is 21.7. The average molecular weight is 553 g/mol. The topological polar surface area (TPSA) is 123 Å². The molecular weight excluding hydrogens is 520 g/mol. The van der Waals surface area contributed by atoms with Crippen LogP contribution < -0.4 is 15.8 Å². The van der Waals surface area contributed by atoms with E-state index in [0.717, 1.165) is 66.8 Å². The van der Waals surface area contributed by atoms with E-state index in [4.69, 9.17) is 31.6 Å². The first-order chi connectivity index (χ1) is 18.5. The number of rotatable bonds is 12. The highest BCUT2D eigenvalue weighted by molar-refractivity contribution is 7.16. The van der Waals surface area contributed by atoms with Crippen LogP contribution in [0.3, 0.4) is 0 Å². The molecule has 8 nitrogen and oxygen atoms in total. The van der Waals surface area contributed by atoms with Gasteiger partial charge in [0, 0.05) is 27.8 Å². The van der Waals surface area contributed by atoms with E-state index in [1.807, 2.05) is 13.1 Å². The van der Waals surface area contributed by atoms with Gasteiger partial charge in [-0.2, -0.15) is 10.2 Å². The van der Waals surface area contributed by atoms with Crippen molar-refractivity contribution >= 4 is 27.9 Å². The van der Waals surface area contributed by atoms with Gasteiger partial charge in [-0.1, -0.05) is 22.8 Å². The second-order valence-electron chi connectivity index (χ2n) is 10.3. The van der Waals surface area contributed by atoms with Crippen molar-refractivity contribution in [1.29, 1.82) is 5.26 Å². The molecular formula is C28H33ClN6O2S. The zero-order chi connectivity index (χ0) is 26.7. The Morgan fingerprint density at radius 3 is 3.00 bits per heavy atom. The van der Waals surface area contributed by atoms with Crippen LogP contribution in [0.15, 0.2) is 23.2 Å². The molecule has 3 aromatic heterocycles. The maximum atomic E-state index is 9.82. The van der Waals surface area contributed by atoms with E-state index >= 15 is 0 Å². The largest absolute Gasteiger partial charge is 0.477 e. The number of aromatic nitrogens is 3. The quantitative estimate of drug-likeness (QED) is 0.158. The molecule has 0 amide bonds. The van der Waals surface area contributed by atoms with Crippen molar-refractivity contribution in [3.63, 3.8) is 0 Å². The Morgan fingerprint density at radius 2 is 2.26 bits per heavy atom. The fourth-order valence-corrected chi connectivity index (χ4v) is 6.70. The highest BCUT2D eigenvalue weighted by atomic mass is 35.5. The van der Waals surface area contributed by atoms with Gasteiger partial charge in [-0.15, -0.1) is 17.9 Å². The molecule has 0 aliphatic heterocycles. The van der Waals surface area contributed by atoms with Crippen LogP contribution in [0.1, 0.15) is 78.2 Å². The van der Waals surface area contributed by atoms with E-state index in [-0.39, 0.29) is 11.3 Å². The molecule has 0 unspecified atom stereocenters. The Bertz CT molecular complexity index is 1360. The van der Waals surface area contributed by atoms with Gasteiger partial charge in [0.1, 0.15) is 22.0 Å². The fraction of sp³-hybridized carbons (Fsp3) is 0.500. The SMILES string of the molecule is C=CCCc1c(-c2nc(Cl)cc(OCC3(CCCNC)CC3)n2)noc1[C@H]1CCCc2sc(N)c(C#N)c21. The minimum Gasteiger partial charge on any atom is -0.477 e. The monoisotopic (exact) mass is 552 g/mol. The lowest BCUT2D eigenvalue weighted by molar-refractivity contribution is 0.215. The Hall–Kier alpha value is -2.93. The smallest absolute Gasteiger partial charge is 0.218 e. The second-order valence-corrected chi connectivity index (χ2v) is 11.8. The molecule has 1 atom stereocenters. The van der Waals surface area contributed by atoms with Crippen molar-refractivity contribution < 1.29 is 9.26 Å². The predicted molar refractivity (Wildman–Crippen MR) is 150 cm³/mol. The molecule has 1 saturated carbocycles. The van der Waals surface area contributed by atoms with Crippen molar-refractivity contribution in [3.8, 4) is 23.5 Å². The number of hydrogen-bond donors (Lipinski definition) is 2. The molecule has 0 aromatic carbocycles. The molecule has 200 valence electrons. The predicted octanol–water partition coefficient (Wildman–Crippen LogP) is 6.05. The fourth-order valence-electron chi connectivity index (χ4n) is 5.40. The number of thiophene rings is 1. The van der Waals surface area contributed by atoms with E-state index in [1.54, 1.807) is 6.07 Å². The third kappa shape index (κ3) is 5.44.